The smallest absolute Gasteiger partial charge is 0.119 e. The van der Waals surface area contributed by atoms with E-state index in [4.69, 9.17) is 4.74 Å². The molecule has 154 valence electrons. The minimum absolute atomic E-state index is 0.303. The van der Waals surface area contributed by atoms with Crippen molar-refractivity contribution in [3.63, 3.8) is 0 Å². The Morgan fingerprint density at radius 2 is 1.97 bits per heavy atom. The molecule has 2 aromatic carbocycles. The van der Waals surface area contributed by atoms with Crippen molar-refractivity contribution in [3.8, 4) is 5.75 Å². The molecule has 3 heteroatoms. The average Bonchev–Trinajstić information content (AvgIpc) is 2.74. The maximum Gasteiger partial charge on any atom is 0.119 e. The molecule has 29 heavy (non-hydrogen) atoms. The first-order chi connectivity index (χ1) is 14.1. The van der Waals surface area contributed by atoms with Gasteiger partial charge in [0.25, 0.3) is 0 Å². The molecule has 0 saturated heterocycles. The van der Waals surface area contributed by atoms with Gasteiger partial charge in [-0.3, -0.25) is 0 Å². The van der Waals surface area contributed by atoms with Gasteiger partial charge in [-0.25, -0.2) is 0 Å². The standard InChI is InChI=1S/C26H32INO/c1-4-7-23-22-12-10-18-16-19(29-3)11-13-20(18)21(22)14-15-26(23,2)17-28-25-9-6-5-8-24(25)27/h5-6,8-9,11,13,16,23,28H,4,7,10,12,14-15,17H2,1-3H3/t23-,26+/m0/s1. The van der Waals surface area contributed by atoms with E-state index in [2.05, 4.69) is 84.2 Å². The third-order valence-corrected chi connectivity index (χ3v) is 7.97. The molecule has 2 nitrogen and oxygen atoms in total. The quantitative estimate of drug-likeness (QED) is 0.419. The summed E-state index contributed by atoms with van der Waals surface area (Å²) in [5, 5.41) is 3.79. The van der Waals surface area contributed by atoms with Gasteiger partial charge in [0.2, 0.25) is 0 Å². The molecule has 0 aliphatic heterocycles. The predicted molar refractivity (Wildman–Crippen MR) is 132 cm³/mol. The Labute approximate surface area is 189 Å². The maximum absolute atomic E-state index is 5.47. The molecule has 0 saturated carbocycles. The lowest BCUT2D eigenvalue weighted by Crippen LogP contribution is -2.39. The second-order valence-corrected chi connectivity index (χ2v) is 10.0. The topological polar surface area (TPSA) is 21.3 Å². The van der Waals surface area contributed by atoms with Crippen molar-refractivity contribution >= 4 is 33.9 Å². The zero-order valence-corrected chi connectivity index (χ0v) is 20.0. The summed E-state index contributed by atoms with van der Waals surface area (Å²) in [6.07, 6.45) is 7.32. The lowest BCUT2D eigenvalue weighted by atomic mass is 9.60. The van der Waals surface area contributed by atoms with E-state index in [1.165, 1.54) is 52.5 Å². The normalized spacial score (nSPS) is 23.4. The van der Waals surface area contributed by atoms with Gasteiger partial charge in [-0.2, -0.15) is 0 Å². The maximum atomic E-state index is 5.47. The zero-order chi connectivity index (χ0) is 20.4. The van der Waals surface area contributed by atoms with Gasteiger partial charge < -0.3 is 10.1 Å². The fourth-order valence-electron chi connectivity index (χ4n) is 5.40. The molecule has 0 fully saturated rings. The van der Waals surface area contributed by atoms with Crippen molar-refractivity contribution in [1.82, 2.24) is 0 Å². The van der Waals surface area contributed by atoms with Crippen LogP contribution in [0.2, 0.25) is 0 Å². The van der Waals surface area contributed by atoms with Crippen molar-refractivity contribution in [3.05, 3.63) is 62.7 Å². The molecular formula is C26H32INO. The van der Waals surface area contributed by atoms with Gasteiger partial charge >= 0.3 is 0 Å². The third kappa shape index (κ3) is 4.08. The minimum Gasteiger partial charge on any atom is -0.497 e. The highest BCUT2D eigenvalue weighted by Gasteiger charge is 2.41. The monoisotopic (exact) mass is 501 g/mol. The molecule has 0 bridgehead atoms. The van der Waals surface area contributed by atoms with Crippen LogP contribution in [0, 0.1) is 14.9 Å². The molecule has 0 heterocycles. The molecule has 0 amide bonds. The van der Waals surface area contributed by atoms with Crippen LogP contribution in [0.5, 0.6) is 5.75 Å². The van der Waals surface area contributed by atoms with E-state index in [0.29, 0.717) is 11.3 Å². The van der Waals surface area contributed by atoms with Crippen LogP contribution >= 0.6 is 22.6 Å². The second-order valence-electron chi connectivity index (χ2n) is 8.86. The number of halogens is 1. The molecule has 0 unspecified atom stereocenters. The van der Waals surface area contributed by atoms with E-state index < -0.39 is 0 Å². The van der Waals surface area contributed by atoms with Crippen LogP contribution in [-0.4, -0.2) is 13.7 Å². The second kappa shape index (κ2) is 8.71. The van der Waals surface area contributed by atoms with Crippen molar-refractivity contribution in [2.75, 3.05) is 19.0 Å². The van der Waals surface area contributed by atoms with Gasteiger partial charge in [0.15, 0.2) is 0 Å². The molecule has 2 atom stereocenters. The van der Waals surface area contributed by atoms with E-state index in [1.807, 2.05) is 0 Å². The largest absolute Gasteiger partial charge is 0.497 e. The van der Waals surface area contributed by atoms with Gasteiger partial charge in [-0.15, -0.1) is 0 Å². The first-order valence-corrected chi connectivity index (χ1v) is 12.0. The fourth-order valence-corrected chi connectivity index (χ4v) is 5.98. The number of hydrogen-bond donors (Lipinski definition) is 1. The Morgan fingerprint density at radius 1 is 1.14 bits per heavy atom. The van der Waals surface area contributed by atoms with E-state index in [1.54, 1.807) is 18.3 Å². The lowest BCUT2D eigenvalue weighted by molar-refractivity contribution is 0.191. The van der Waals surface area contributed by atoms with Gasteiger partial charge in [0.05, 0.1) is 7.11 Å². The SMILES string of the molecule is CCC[C@H]1C2=C(CC[C@]1(C)CNc1ccccc1I)c1ccc(OC)cc1CC2. The molecule has 2 aliphatic carbocycles. The van der Waals surface area contributed by atoms with Gasteiger partial charge in [0, 0.05) is 15.8 Å². The number of para-hydroxylation sites is 1. The first kappa shape index (κ1) is 20.8. The molecule has 4 rings (SSSR count). The number of rotatable bonds is 6. The van der Waals surface area contributed by atoms with Crippen LogP contribution in [0.25, 0.3) is 5.57 Å². The number of hydrogen-bond acceptors (Lipinski definition) is 2. The number of allylic oxidation sites excluding steroid dienone is 2. The summed E-state index contributed by atoms with van der Waals surface area (Å²) in [7, 11) is 1.76. The Morgan fingerprint density at radius 3 is 2.72 bits per heavy atom. The highest BCUT2D eigenvalue weighted by Crippen LogP contribution is 2.52. The van der Waals surface area contributed by atoms with E-state index in [-0.39, 0.29) is 0 Å². The fraction of sp³-hybridized carbons (Fsp3) is 0.462. The number of methoxy groups -OCH3 is 1. The number of anilines is 1. The number of fused-ring (bicyclic) bond motifs is 2. The Hall–Kier alpha value is -1.49. The van der Waals surface area contributed by atoms with Crippen LogP contribution in [0.3, 0.4) is 0 Å². The van der Waals surface area contributed by atoms with Crippen LogP contribution < -0.4 is 10.1 Å². The molecule has 0 aromatic heterocycles. The summed E-state index contributed by atoms with van der Waals surface area (Å²) in [6.45, 7) is 5.90. The first-order valence-electron chi connectivity index (χ1n) is 10.9. The molecule has 1 N–H and O–H groups in total. The summed E-state index contributed by atoms with van der Waals surface area (Å²) >= 11 is 2.44. The zero-order valence-electron chi connectivity index (χ0n) is 17.9. The van der Waals surface area contributed by atoms with Crippen molar-refractivity contribution in [2.45, 2.75) is 52.4 Å². The summed E-state index contributed by atoms with van der Waals surface area (Å²) < 4.78 is 6.77. The van der Waals surface area contributed by atoms with Crippen molar-refractivity contribution < 1.29 is 4.74 Å². The average molecular weight is 501 g/mol. The predicted octanol–water partition coefficient (Wildman–Crippen LogP) is 7.33. The van der Waals surface area contributed by atoms with Gasteiger partial charge in [-0.05, 0) is 107 Å². The summed E-state index contributed by atoms with van der Waals surface area (Å²) in [6, 6.07) is 15.3. The van der Waals surface area contributed by atoms with Crippen LogP contribution in [0.15, 0.2) is 48.0 Å². The van der Waals surface area contributed by atoms with Crippen LogP contribution in [-0.2, 0) is 6.42 Å². The summed E-state index contributed by atoms with van der Waals surface area (Å²) in [5.41, 5.74) is 7.91. The van der Waals surface area contributed by atoms with Crippen molar-refractivity contribution in [1.29, 1.82) is 0 Å². The van der Waals surface area contributed by atoms with E-state index in [0.717, 1.165) is 18.7 Å². The lowest BCUT2D eigenvalue weighted by Gasteiger charge is -2.46. The van der Waals surface area contributed by atoms with E-state index in [9.17, 15) is 0 Å². The molecular weight excluding hydrogens is 469 g/mol. The summed E-state index contributed by atoms with van der Waals surface area (Å²) in [4.78, 5) is 0. The van der Waals surface area contributed by atoms with Crippen LogP contribution in [0.4, 0.5) is 5.69 Å². The third-order valence-electron chi connectivity index (χ3n) is 7.03. The number of benzene rings is 2. The Bertz CT molecular complexity index is 919. The van der Waals surface area contributed by atoms with Gasteiger partial charge in [-0.1, -0.05) is 44.0 Å². The number of ether oxygens (including phenoxy) is 1. The Balaban J connectivity index is 1.63. The van der Waals surface area contributed by atoms with Gasteiger partial charge in [0.1, 0.15) is 5.75 Å². The van der Waals surface area contributed by atoms with Crippen molar-refractivity contribution in [2.24, 2.45) is 11.3 Å². The minimum atomic E-state index is 0.303. The number of nitrogens with one attached hydrogen (secondary N) is 1. The van der Waals surface area contributed by atoms with E-state index >= 15 is 0 Å². The highest BCUT2D eigenvalue weighted by atomic mass is 127. The number of aryl methyl sites for hydroxylation is 1. The molecule has 0 radical (unpaired) electrons. The molecule has 0 spiro atoms. The van der Waals surface area contributed by atoms with Crippen LogP contribution in [0.1, 0.15) is 57.1 Å². The highest BCUT2D eigenvalue weighted by molar-refractivity contribution is 14.1. The Kier molecular flexibility index (Phi) is 6.24. The summed E-state index contributed by atoms with van der Waals surface area (Å²) in [5.74, 6) is 1.65. The molecule has 2 aliphatic rings. The molecule has 2 aromatic rings.